The number of fused-ring (bicyclic) bond motifs is 1. The van der Waals surface area contributed by atoms with E-state index < -0.39 is 9.05 Å². The predicted molar refractivity (Wildman–Crippen MR) is 68.2 cm³/mol. The summed E-state index contributed by atoms with van der Waals surface area (Å²) in [5.41, 5.74) is 0.756. The molecular weight excluding hydrogens is 276 g/mol. The van der Waals surface area contributed by atoms with E-state index in [1.807, 2.05) is 13.8 Å². The largest absolute Gasteiger partial charge is 0.252 e. The molecule has 0 aromatic carbocycles. The van der Waals surface area contributed by atoms with Crippen LogP contribution in [0.3, 0.4) is 0 Å². The van der Waals surface area contributed by atoms with Crippen LogP contribution < -0.4 is 0 Å². The van der Waals surface area contributed by atoms with Crippen LogP contribution in [-0.2, 0) is 15.5 Å². The van der Waals surface area contributed by atoms with Crippen LogP contribution in [-0.4, -0.2) is 33.8 Å². The number of aryl methyl sites for hydroxylation is 1. The van der Waals surface area contributed by atoms with Crippen molar-refractivity contribution in [3.63, 3.8) is 0 Å². The lowest BCUT2D eigenvalue weighted by atomic mass is 10.2. The van der Waals surface area contributed by atoms with E-state index in [1.54, 1.807) is 16.9 Å². The standard InChI is InChI=1S/C10H13ClN4O2S/c1-7(2)9-13-10-12-5-8(6-15(10)14-9)3-4-18(11,16)17/h5-7H,3-4H2,1-2H3. The maximum atomic E-state index is 10.9. The van der Waals surface area contributed by atoms with E-state index in [0.717, 1.165) is 5.56 Å². The summed E-state index contributed by atoms with van der Waals surface area (Å²) in [5.74, 6) is 1.33. The number of halogens is 1. The second-order valence-corrected chi connectivity index (χ2v) is 7.22. The van der Waals surface area contributed by atoms with Crippen molar-refractivity contribution in [2.24, 2.45) is 0 Å². The van der Waals surface area contributed by atoms with E-state index in [1.165, 1.54) is 0 Å². The van der Waals surface area contributed by atoms with Crippen molar-refractivity contribution in [3.8, 4) is 0 Å². The van der Waals surface area contributed by atoms with E-state index in [0.29, 0.717) is 18.0 Å². The highest BCUT2D eigenvalue weighted by atomic mass is 35.7. The third-order valence-corrected chi connectivity index (χ3v) is 3.57. The molecule has 2 aromatic rings. The van der Waals surface area contributed by atoms with Crippen molar-refractivity contribution in [1.82, 2.24) is 19.6 Å². The summed E-state index contributed by atoms with van der Waals surface area (Å²) in [4.78, 5) is 8.39. The molecule has 2 aromatic heterocycles. The second-order valence-electron chi connectivity index (χ2n) is 4.32. The Kier molecular flexibility index (Phi) is 3.54. The molecule has 0 fully saturated rings. The van der Waals surface area contributed by atoms with Gasteiger partial charge in [0, 0.05) is 29.0 Å². The van der Waals surface area contributed by atoms with Gasteiger partial charge in [-0.25, -0.2) is 17.9 Å². The monoisotopic (exact) mass is 288 g/mol. The molecule has 0 bridgehead atoms. The van der Waals surface area contributed by atoms with Gasteiger partial charge in [0.1, 0.15) is 0 Å². The van der Waals surface area contributed by atoms with Crippen LogP contribution in [0.5, 0.6) is 0 Å². The zero-order valence-corrected chi connectivity index (χ0v) is 11.6. The zero-order valence-electron chi connectivity index (χ0n) is 10.0. The van der Waals surface area contributed by atoms with Crippen molar-refractivity contribution < 1.29 is 8.42 Å². The highest BCUT2D eigenvalue weighted by Crippen LogP contribution is 2.11. The molecule has 0 aliphatic carbocycles. The molecule has 0 unspecified atom stereocenters. The Labute approximate surface area is 109 Å². The third-order valence-electron chi connectivity index (χ3n) is 2.41. The van der Waals surface area contributed by atoms with Gasteiger partial charge < -0.3 is 0 Å². The molecule has 2 heterocycles. The Balaban J connectivity index is 2.27. The summed E-state index contributed by atoms with van der Waals surface area (Å²) in [6.07, 6.45) is 3.63. The molecule has 0 saturated carbocycles. The van der Waals surface area contributed by atoms with Crippen molar-refractivity contribution >= 4 is 25.5 Å². The minimum Gasteiger partial charge on any atom is -0.219 e. The molecule has 0 atom stereocenters. The van der Waals surface area contributed by atoms with Crippen molar-refractivity contribution in [1.29, 1.82) is 0 Å². The summed E-state index contributed by atoms with van der Waals surface area (Å²) in [6, 6.07) is 0. The molecule has 0 N–H and O–H groups in total. The second kappa shape index (κ2) is 4.81. The minimum atomic E-state index is -3.48. The topological polar surface area (TPSA) is 77.2 Å². The van der Waals surface area contributed by atoms with Gasteiger partial charge >= 0.3 is 0 Å². The fraction of sp³-hybridized carbons (Fsp3) is 0.500. The van der Waals surface area contributed by atoms with Crippen molar-refractivity contribution in [2.45, 2.75) is 26.2 Å². The average molecular weight is 289 g/mol. The van der Waals surface area contributed by atoms with Gasteiger partial charge in [-0.1, -0.05) is 13.8 Å². The Bertz CT molecular complexity index is 666. The first-order chi connectivity index (χ1) is 8.35. The van der Waals surface area contributed by atoms with Crippen LogP contribution in [0.15, 0.2) is 12.4 Å². The van der Waals surface area contributed by atoms with E-state index in [4.69, 9.17) is 10.7 Å². The number of hydrogen-bond donors (Lipinski definition) is 0. The quantitative estimate of drug-likeness (QED) is 0.794. The Hall–Kier alpha value is -1.21. The van der Waals surface area contributed by atoms with Gasteiger partial charge in [-0.2, -0.15) is 4.98 Å². The lowest BCUT2D eigenvalue weighted by molar-refractivity contribution is 0.608. The number of hydrogen-bond acceptors (Lipinski definition) is 5. The zero-order chi connectivity index (χ0) is 13.3. The summed E-state index contributed by atoms with van der Waals surface area (Å²) in [7, 11) is 1.68. The first-order valence-corrected chi connectivity index (χ1v) is 7.96. The molecule has 0 aliphatic heterocycles. The fourth-order valence-electron chi connectivity index (χ4n) is 1.45. The summed E-state index contributed by atoms with van der Waals surface area (Å²) < 4.78 is 23.3. The third kappa shape index (κ3) is 3.17. The summed E-state index contributed by atoms with van der Waals surface area (Å²) in [6.45, 7) is 3.99. The summed E-state index contributed by atoms with van der Waals surface area (Å²) in [5, 5.41) is 4.28. The maximum Gasteiger partial charge on any atom is 0.252 e. The smallest absolute Gasteiger partial charge is 0.219 e. The van der Waals surface area contributed by atoms with Gasteiger partial charge in [-0.3, -0.25) is 0 Å². The Morgan fingerprint density at radius 1 is 1.44 bits per heavy atom. The van der Waals surface area contributed by atoms with Crippen LogP contribution in [0.2, 0.25) is 0 Å². The molecule has 0 saturated heterocycles. The van der Waals surface area contributed by atoms with Crippen LogP contribution >= 0.6 is 10.7 Å². The van der Waals surface area contributed by atoms with Crippen LogP contribution in [0.25, 0.3) is 5.78 Å². The van der Waals surface area contributed by atoms with Crippen molar-refractivity contribution in [2.75, 3.05) is 5.75 Å². The van der Waals surface area contributed by atoms with Gasteiger partial charge in [0.15, 0.2) is 5.82 Å². The van der Waals surface area contributed by atoms with Crippen molar-refractivity contribution in [3.05, 3.63) is 23.8 Å². The van der Waals surface area contributed by atoms with Crippen LogP contribution in [0.1, 0.15) is 31.2 Å². The highest BCUT2D eigenvalue weighted by molar-refractivity contribution is 8.13. The van der Waals surface area contributed by atoms with E-state index >= 15 is 0 Å². The van der Waals surface area contributed by atoms with E-state index in [-0.39, 0.29) is 11.7 Å². The molecule has 0 amide bonds. The van der Waals surface area contributed by atoms with Gasteiger partial charge in [0.2, 0.25) is 9.05 Å². The summed E-state index contributed by atoms with van der Waals surface area (Å²) >= 11 is 0. The van der Waals surface area contributed by atoms with Crippen LogP contribution in [0, 0.1) is 0 Å². The molecule has 2 rings (SSSR count). The molecule has 98 valence electrons. The van der Waals surface area contributed by atoms with Gasteiger partial charge in [0.25, 0.3) is 5.78 Å². The number of nitrogens with zero attached hydrogens (tertiary/aromatic N) is 4. The molecule has 18 heavy (non-hydrogen) atoms. The van der Waals surface area contributed by atoms with Gasteiger partial charge in [-0.15, -0.1) is 5.10 Å². The normalized spacial score (nSPS) is 12.4. The fourth-order valence-corrected chi connectivity index (χ4v) is 2.16. The molecular formula is C10H13ClN4O2S. The average Bonchev–Trinajstić information content (AvgIpc) is 2.68. The molecule has 6 nitrogen and oxygen atoms in total. The first-order valence-electron chi connectivity index (χ1n) is 5.49. The number of rotatable bonds is 4. The lowest BCUT2D eigenvalue weighted by Crippen LogP contribution is -2.03. The van der Waals surface area contributed by atoms with E-state index in [9.17, 15) is 8.42 Å². The predicted octanol–water partition coefficient (Wildman–Crippen LogP) is 1.36. The SMILES string of the molecule is CC(C)c1nc2ncc(CCS(=O)(=O)Cl)cn2n1. The molecule has 0 radical (unpaired) electrons. The van der Waals surface area contributed by atoms with E-state index in [2.05, 4.69) is 15.1 Å². The van der Waals surface area contributed by atoms with Crippen LogP contribution in [0.4, 0.5) is 0 Å². The van der Waals surface area contributed by atoms with Gasteiger partial charge in [0.05, 0.1) is 5.75 Å². The maximum absolute atomic E-state index is 10.9. The number of aromatic nitrogens is 4. The molecule has 0 spiro atoms. The Morgan fingerprint density at radius 2 is 2.17 bits per heavy atom. The lowest BCUT2D eigenvalue weighted by Gasteiger charge is -1.98. The minimum absolute atomic E-state index is 0.118. The molecule has 8 heteroatoms. The van der Waals surface area contributed by atoms with Gasteiger partial charge in [-0.05, 0) is 12.0 Å². The Morgan fingerprint density at radius 3 is 2.78 bits per heavy atom. The highest BCUT2D eigenvalue weighted by Gasteiger charge is 2.10. The molecule has 0 aliphatic rings. The first kappa shape index (κ1) is 13.2.